The van der Waals surface area contributed by atoms with Crippen molar-refractivity contribution in [2.24, 2.45) is 7.05 Å². The van der Waals surface area contributed by atoms with Crippen molar-refractivity contribution in [2.45, 2.75) is 12.6 Å². The number of methoxy groups -OCH3 is 1. The molecule has 0 aliphatic heterocycles. The minimum Gasteiger partial charge on any atom is -0.495 e. The zero-order valence-electron chi connectivity index (χ0n) is 16.6. The summed E-state index contributed by atoms with van der Waals surface area (Å²) in [6.45, 7) is 0.766. The summed E-state index contributed by atoms with van der Waals surface area (Å²) in [7, 11) is 3.16. The summed E-state index contributed by atoms with van der Waals surface area (Å²) >= 11 is 6.34. The number of rotatable bonds is 6. The van der Waals surface area contributed by atoms with E-state index in [4.69, 9.17) is 21.4 Å². The molecule has 3 rings (SSSR count). The average Bonchev–Trinajstić information content (AvgIpc) is 3.05. The van der Waals surface area contributed by atoms with Crippen LogP contribution < -0.4 is 10.1 Å². The minimum absolute atomic E-state index is 0.0279. The molecule has 4 N–H and O–H groups in total. The number of nitrogens with one attached hydrogen (secondary N) is 1. The number of nitrogens with zero attached hydrogens (tertiary/aromatic N) is 1. The molecule has 8 nitrogen and oxygen atoms in total. The molecule has 1 amide bonds. The SMILES string of the molecule is COc1ccc2c(cc(C(=O)NC(O)(CO)c3ccc(C(=O)O)cc3C)n2C)c1Cl. The van der Waals surface area contributed by atoms with E-state index in [0.29, 0.717) is 27.2 Å². The Morgan fingerprint density at radius 1 is 1.23 bits per heavy atom. The molecule has 9 heteroatoms. The van der Waals surface area contributed by atoms with Crippen LogP contribution in [-0.2, 0) is 12.8 Å². The molecule has 3 aromatic rings. The summed E-state index contributed by atoms with van der Waals surface area (Å²) in [4.78, 5) is 24.1. The number of aromatic carboxylic acids is 1. The van der Waals surface area contributed by atoms with Crippen LogP contribution >= 0.6 is 11.6 Å². The van der Waals surface area contributed by atoms with Crippen molar-refractivity contribution in [2.75, 3.05) is 13.7 Å². The van der Waals surface area contributed by atoms with Crippen molar-refractivity contribution in [3.8, 4) is 5.75 Å². The molecule has 0 aliphatic rings. The number of halogens is 1. The molecule has 0 spiro atoms. The van der Waals surface area contributed by atoms with Gasteiger partial charge in [-0.1, -0.05) is 17.7 Å². The molecule has 0 bridgehead atoms. The number of hydrogen-bond acceptors (Lipinski definition) is 5. The van der Waals surface area contributed by atoms with Crippen molar-refractivity contribution in [3.63, 3.8) is 0 Å². The second-order valence-corrected chi connectivity index (χ2v) is 7.29. The highest BCUT2D eigenvalue weighted by atomic mass is 35.5. The maximum atomic E-state index is 13.0. The van der Waals surface area contributed by atoms with Gasteiger partial charge in [-0.3, -0.25) is 4.79 Å². The number of aliphatic hydroxyl groups excluding tert-OH is 1. The highest BCUT2D eigenvalue weighted by molar-refractivity contribution is 6.37. The lowest BCUT2D eigenvalue weighted by molar-refractivity contribution is -0.0424. The zero-order chi connectivity index (χ0) is 22.2. The first-order chi connectivity index (χ1) is 14.1. The predicted molar refractivity (Wildman–Crippen MR) is 111 cm³/mol. The fraction of sp³-hybridized carbons (Fsp3) is 0.238. The number of aromatic nitrogens is 1. The second kappa shape index (κ2) is 7.98. The lowest BCUT2D eigenvalue weighted by Gasteiger charge is -2.29. The fourth-order valence-corrected chi connectivity index (χ4v) is 3.73. The molecule has 30 heavy (non-hydrogen) atoms. The monoisotopic (exact) mass is 432 g/mol. The molecule has 0 saturated carbocycles. The normalized spacial score (nSPS) is 13.1. The number of carbonyl (C=O) groups excluding carboxylic acids is 1. The Bertz CT molecular complexity index is 1160. The van der Waals surface area contributed by atoms with Gasteiger partial charge in [0.2, 0.25) is 0 Å². The molecule has 0 radical (unpaired) electrons. The quantitative estimate of drug-likeness (QED) is 0.444. The summed E-state index contributed by atoms with van der Waals surface area (Å²) < 4.78 is 6.81. The number of carboxylic acids is 1. The molecule has 1 atom stereocenters. The number of hydrogen-bond donors (Lipinski definition) is 4. The Morgan fingerprint density at radius 3 is 2.50 bits per heavy atom. The first-order valence-electron chi connectivity index (χ1n) is 8.95. The number of ether oxygens (including phenoxy) is 1. The first-order valence-corrected chi connectivity index (χ1v) is 9.33. The Balaban J connectivity index is 2.00. The fourth-order valence-electron chi connectivity index (χ4n) is 3.44. The van der Waals surface area contributed by atoms with Crippen LogP contribution in [0.3, 0.4) is 0 Å². The van der Waals surface area contributed by atoms with E-state index in [0.717, 1.165) is 0 Å². The van der Waals surface area contributed by atoms with Crippen molar-refractivity contribution in [1.82, 2.24) is 9.88 Å². The third kappa shape index (κ3) is 3.60. The zero-order valence-corrected chi connectivity index (χ0v) is 17.3. The maximum Gasteiger partial charge on any atom is 0.335 e. The van der Waals surface area contributed by atoms with Crippen LogP contribution in [0.15, 0.2) is 36.4 Å². The van der Waals surface area contributed by atoms with Gasteiger partial charge in [0, 0.05) is 18.0 Å². The predicted octanol–water partition coefficient (Wildman–Crippen LogP) is 2.41. The van der Waals surface area contributed by atoms with Crippen LogP contribution in [0, 0.1) is 6.92 Å². The van der Waals surface area contributed by atoms with E-state index in [2.05, 4.69) is 5.32 Å². The number of fused-ring (bicyclic) bond motifs is 1. The Hall–Kier alpha value is -3.07. The number of aliphatic hydroxyl groups is 2. The number of carbonyl (C=O) groups is 2. The lowest BCUT2D eigenvalue weighted by atomic mass is 9.96. The van der Waals surface area contributed by atoms with Crippen molar-refractivity contribution in [1.29, 1.82) is 0 Å². The van der Waals surface area contributed by atoms with E-state index < -0.39 is 24.2 Å². The summed E-state index contributed by atoms with van der Waals surface area (Å²) in [6, 6.07) is 9.01. The largest absolute Gasteiger partial charge is 0.495 e. The Labute approximate surface area is 177 Å². The Morgan fingerprint density at radius 2 is 1.93 bits per heavy atom. The highest BCUT2D eigenvalue weighted by Crippen LogP contribution is 2.34. The van der Waals surface area contributed by atoms with E-state index in [-0.39, 0.29) is 16.8 Å². The summed E-state index contributed by atoms with van der Waals surface area (Å²) in [5.41, 5.74) is -0.623. The third-order valence-corrected chi connectivity index (χ3v) is 5.44. The van der Waals surface area contributed by atoms with E-state index in [1.54, 1.807) is 36.7 Å². The van der Waals surface area contributed by atoms with Gasteiger partial charge >= 0.3 is 5.97 Å². The van der Waals surface area contributed by atoms with Crippen LogP contribution in [0.5, 0.6) is 5.75 Å². The molecule has 1 aromatic heterocycles. The van der Waals surface area contributed by atoms with Gasteiger partial charge in [-0.2, -0.15) is 0 Å². The minimum atomic E-state index is -2.11. The summed E-state index contributed by atoms with van der Waals surface area (Å²) in [6.07, 6.45) is 0. The topological polar surface area (TPSA) is 121 Å². The van der Waals surface area contributed by atoms with Crippen molar-refractivity contribution < 1.29 is 29.6 Å². The summed E-state index contributed by atoms with van der Waals surface area (Å²) in [5.74, 6) is -1.31. The van der Waals surface area contributed by atoms with Crippen LogP contribution in [0.1, 0.15) is 32.0 Å². The van der Waals surface area contributed by atoms with Gasteiger partial charge in [0.25, 0.3) is 5.91 Å². The van der Waals surface area contributed by atoms with Crippen molar-refractivity contribution in [3.05, 3.63) is 63.8 Å². The van der Waals surface area contributed by atoms with Gasteiger partial charge < -0.3 is 29.9 Å². The van der Waals surface area contributed by atoms with Gasteiger partial charge in [0.1, 0.15) is 11.4 Å². The molecule has 2 aromatic carbocycles. The molecule has 158 valence electrons. The van der Waals surface area contributed by atoms with Crippen LogP contribution in [-0.4, -0.2) is 45.5 Å². The van der Waals surface area contributed by atoms with Gasteiger partial charge in [0.05, 0.1) is 29.8 Å². The molecule has 0 fully saturated rings. The Kier molecular flexibility index (Phi) is 5.76. The molecule has 1 heterocycles. The second-order valence-electron chi connectivity index (χ2n) is 6.91. The molecule has 0 aliphatic carbocycles. The van der Waals surface area contributed by atoms with Gasteiger partial charge in [0.15, 0.2) is 5.72 Å². The van der Waals surface area contributed by atoms with Crippen LogP contribution in [0.4, 0.5) is 0 Å². The third-order valence-electron chi connectivity index (χ3n) is 5.05. The highest BCUT2D eigenvalue weighted by Gasteiger charge is 2.33. The molecular weight excluding hydrogens is 412 g/mol. The van der Waals surface area contributed by atoms with Gasteiger partial charge in [-0.05, 0) is 42.8 Å². The van der Waals surface area contributed by atoms with E-state index in [9.17, 15) is 19.8 Å². The van der Waals surface area contributed by atoms with E-state index in [1.165, 1.54) is 25.3 Å². The number of aryl methyl sites for hydroxylation is 2. The number of carboxylic acid groups (broad SMARTS) is 1. The van der Waals surface area contributed by atoms with E-state index >= 15 is 0 Å². The van der Waals surface area contributed by atoms with Crippen molar-refractivity contribution >= 4 is 34.4 Å². The van der Waals surface area contributed by atoms with Gasteiger partial charge in [-0.25, -0.2) is 4.79 Å². The maximum absolute atomic E-state index is 13.0. The lowest BCUT2D eigenvalue weighted by Crippen LogP contribution is -2.49. The van der Waals surface area contributed by atoms with Crippen LogP contribution in [0.25, 0.3) is 10.9 Å². The first kappa shape index (κ1) is 21.6. The average molecular weight is 433 g/mol. The number of benzene rings is 2. The molecule has 1 unspecified atom stereocenters. The molecular formula is C21H21ClN2O6. The van der Waals surface area contributed by atoms with Gasteiger partial charge in [-0.15, -0.1) is 0 Å². The summed E-state index contributed by atoms with van der Waals surface area (Å²) in [5, 5.41) is 33.3. The molecule has 0 saturated heterocycles. The van der Waals surface area contributed by atoms with Crippen LogP contribution in [0.2, 0.25) is 5.02 Å². The smallest absolute Gasteiger partial charge is 0.335 e. The number of amides is 1. The standard InChI is InChI=1S/C21H21ClN2O6/c1-11-8-12(20(27)28)4-5-14(11)21(29,10-25)23-19(26)16-9-13-15(24(16)2)6-7-17(30-3)18(13)22/h4-9,25,29H,10H2,1-3H3,(H,23,26)(H,27,28). The van der Waals surface area contributed by atoms with E-state index in [1.807, 2.05) is 0 Å².